The van der Waals surface area contributed by atoms with Gasteiger partial charge in [-0.2, -0.15) is 5.10 Å². The highest BCUT2D eigenvalue weighted by Crippen LogP contribution is 2.24. The largest absolute Gasteiger partial charge is 0.378 e. The molecule has 5 heteroatoms. The van der Waals surface area contributed by atoms with Gasteiger partial charge in [-0.3, -0.25) is 0 Å². The molecule has 0 fully saturated rings. The molecule has 0 amide bonds. The minimum atomic E-state index is 0.724. The first-order valence-corrected chi connectivity index (χ1v) is 7.42. The van der Waals surface area contributed by atoms with Crippen molar-refractivity contribution in [2.45, 2.75) is 0 Å². The Morgan fingerprint density at radius 1 is 1.10 bits per heavy atom. The summed E-state index contributed by atoms with van der Waals surface area (Å²) in [6.45, 7) is 0. The first-order chi connectivity index (χ1) is 10.2. The fraction of sp³-hybridized carbons (Fsp3) is 0.125. The van der Waals surface area contributed by atoms with Gasteiger partial charge in [0.25, 0.3) is 0 Å². The van der Waals surface area contributed by atoms with Crippen LogP contribution in [0.2, 0.25) is 0 Å². The third-order valence-corrected chi connectivity index (χ3v) is 4.33. The van der Waals surface area contributed by atoms with Crippen LogP contribution in [0.25, 0.3) is 10.2 Å². The smallest absolute Gasteiger partial charge is 0.145 e. The summed E-state index contributed by atoms with van der Waals surface area (Å²) in [4.78, 5) is 6.67. The lowest BCUT2D eigenvalue weighted by Crippen LogP contribution is -2.10. The highest BCUT2D eigenvalue weighted by atomic mass is 32.1. The van der Waals surface area contributed by atoms with E-state index in [9.17, 15) is 0 Å². The zero-order valence-electron chi connectivity index (χ0n) is 11.9. The van der Waals surface area contributed by atoms with Crippen molar-refractivity contribution in [2.75, 3.05) is 19.0 Å². The lowest BCUT2D eigenvalue weighted by Gasteiger charge is -2.12. The van der Waals surface area contributed by atoms with Gasteiger partial charge in [-0.25, -0.2) is 4.98 Å². The summed E-state index contributed by atoms with van der Waals surface area (Å²) in [5.41, 5.74) is 3.81. The van der Waals surface area contributed by atoms with Crippen LogP contribution in [0.1, 0.15) is 10.6 Å². The second-order valence-electron chi connectivity index (χ2n) is 4.91. The van der Waals surface area contributed by atoms with Gasteiger partial charge in [0.05, 0.1) is 10.2 Å². The van der Waals surface area contributed by atoms with Crippen molar-refractivity contribution in [3.05, 3.63) is 59.1 Å². The number of hydrogen-bond donors (Lipinski definition) is 1. The summed E-state index contributed by atoms with van der Waals surface area (Å²) in [6.07, 6.45) is 0. The van der Waals surface area contributed by atoms with Crippen LogP contribution in [0.15, 0.2) is 53.6 Å². The second kappa shape index (κ2) is 5.54. The molecule has 0 radical (unpaired) electrons. The van der Waals surface area contributed by atoms with Crippen molar-refractivity contribution in [2.24, 2.45) is 10.9 Å². The first-order valence-electron chi connectivity index (χ1n) is 6.60. The topological polar surface area (TPSA) is 54.5 Å². The number of anilines is 1. The van der Waals surface area contributed by atoms with E-state index in [-0.39, 0.29) is 0 Å². The molecule has 4 nitrogen and oxygen atoms in total. The lowest BCUT2D eigenvalue weighted by molar-refractivity contribution is 1.13. The second-order valence-corrected chi connectivity index (χ2v) is 5.94. The van der Waals surface area contributed by atoms with Crippen molar-refractivity contribution in [1.29, 1.82) is 0 Å². The Hall–Kier alpha value is -2.40. The number of hydrazone groups is 1. The van der Waals surface area contributed by atoms with Gasteiger partial charge in [-0.1, -0.05) is 24.3 Å². The van der Waals surface area contributed by atoms with Gasteiger partial charge < -0.3 is 10.7 Å². The van der Waals surface area contributed by atoms with Crippen molar-refractivity contribution in [1.82, 2.24) is 4.98 Å². The van der Waals surface area contributed by atoms with E-state index in [1.165, 1.54) is 0 Å². The fourth-order valence-corrected chi connectivity index (χ4v) is 3.13. The minimum absolute atomic E-state index is 0.724. The molecule has 0 aliphatic heterocycles. The van der Waals surface area contributed by atoms with Gasteiger partial charge in [-0.05, 0) is 24.3 Å². The van der Waals surface area contributed by atoms with Crippen LogP contribution in [0, 0.1) is 0 Å². The summed E-state index contributed by atoms with van der Waals surface area (Å²) < 4.78 is 1.14. The van der Waals surface area contributed by atoms with Gasteiger partial charge in [0, 0.05) is 25.3 Å². The van der Waals surface area contributed by atoms with Crippen LogP contribution in [0.4, 0.5) is 5.69 Å². The third-order valence-electron chi connectivity index (χ3n) is 3.28. The Morgan fingerprint density at radius 3 is 2.43 bits per heavy atom. The number of rotatable bonds is 3. The molecular weight excluding hydrogens is 280 g/mol. The minimum Gasteiger partial charge on any atom is -0.378 e. The van der Waals surface area contributed by atoms with Gasteiger partial charge in [0.15, 0.2) is 0 Å². The Labute approximate surface area is 127 Å². The van der Waals surface area contributed by atoms with Gasteiger partial charge in [0.2, 0.25) is 0 Å². The van der Waals surface area contributed by atoms with E-state index in [0.29, 0.717) is 0 Å². The van der Waals surface area contributed by atoms with E-state index in [0.717, 1.165) is 32.2 Å². The molecular formula is C16H16N4S. The maximum atomic E-state index is 5.60. The molecule has 0 saturated carbocycles. The molecule has 0 bridgehead atoms. The highest BCUT2D eigenvalue weighted by molar-refractivity contribution is 7.20. The third kappa shape index (κ3) is 2.60. The van der Waals surface area contributed by atoms with Crippen molar-refractivity contribution < 1.29 is 0 Å². The fourth-order valence-electron chi connectivity index (χ4n) is 2.14. The number of nitrogens with zero attached hydrogens (tertiary/aromatic N) is 3. The molecule has 106 valence electrons. The number of aromatic nitrogens is 1. The Kier molecular flexibility index (Phi) is 3.58. The first kappa shape index (κ1) is 13.6. The number of fused-ring (bicyclic) bond motifs is 1. The standard InChI is InChI=1S/C16H16N4S/c1-20(2)12-9-7-11(8-10-12)15(19-17)16-18-13-5-3-4-6-14(13)21-16/h3-10H,17H2,1-2H3/b19-15+. The van der Waals surface area contributed by atoms with Crippen molar-refractivity contribution in [3.63, 3.8) is 0 Å². The predicted molar refractivity (Wildman–Crippen MR) is 90.2 cm³/mol. The molecule has 21 heavy (non-hydrogen) atoms. The van der Waals surface area contributed by atoms with E-state index in [1.807, 2.05) is 56.6 Å². The summed E-state index contributed by atoms with van der Waals surface area (Å²) in [5, 5.41) is 4.79. The van der Waals surface area contributed by atoms with E-state index >= 15 is 0 Å². The van der Waals surface area contributed by atoms with Crippen molar-refractivity contribution in [3.8, 4) is 0 Å². The maximum absolute atomic E-state index is 5.60. The van der Waals surface area contributed by atoms with Crippen molar-refractivity contribution >= 4 is 33.0 Å². The molecule has 0 aliphatic rings. The summed E-state index contributed by atoms with van der Waals surface area (Å²) in [7, 11) is 4.03. The molecule has 0 spiro atoms. The number of benzene rings is 2. The number of thiazole rings is 1. The molecule has 0 unspecified atom stereocenters. The monoisotopic (exact) mass is 296 g/mol. The van der Waals surface area contributed by atoms with Gasteiger partial charge in [0.1, 0.15) is 10.7 Å². The van der Waals surface area contributed by atoms with Crippen LogP contribution in [0.3, 0.4) is 0 Å². The molecule has 2 aromatic carbocycles. The highest BCUT2D eigenvalue weighted by Gasteiger charge is 2.12. The van der Waals surface area contributed by atoms with E-state index < -0.39 is 0 Å². The Bertz CT molecular complexity index is 754. The van der Waals surface area contributed by atoms with Crippen LogP contribution in [-0.2, 0) is 0 Å². The molecule has 2 N–H and O–H groups in total. The Balaban J connectivity index is 2.01. The van der Waals surface area contributed by atoms with E-state index in [2.05, 4.69) is 21.1 Å². The van der Waals surface area contributed by atoms with E-state index in [4.69, 9.17) is 5.84 Å². The molecule has 0 saturated heterocycles. The van der Waals surface area contributed by atoms with Gasteiger partial charge >= 0.3 is 0 Å². The van der Waals surface area contributed by atoms with Crippen LogP contribution in [0.5, 0.6) is 0 Å². The normalized spacial score (nSPS) is 11.8. The molecule has 3 aromatic rings. The number of hydrogen-bond acceptors (Lipinski definition) is 5. The zero-order valence-corrected chi connectivity index (χ0v) is 12.8. The van der Waals surface area contributed by atoms with Crippen LogP contribution >= 0.6 is 11.3 Å². The number of nitrogens with two attached hydrogens (primary N) is 1. The van der Waals surface area contributed by atoms with E-state index in [1.54, 1.807) is 11.3 Å². The maximum Gasteiger partial charge on any atom is 0.145 e. The predicted octanol–water partition coefficient (Wildman–Crippen LogP) is 3.07. The molecule has 0 aliphatic carbocycles. The molecule has 1 heterocycles. The van der Waals surface area contributed by atoms with Gasteiger partial charge in [-0.15, -0.1) is 11.3 Å². The van der Waals surface area contributed by atoms with Crippen LogP contribution < -0.4 is 10.7 Å². The molecule has 3 rings (SSSR count). The lowest BCUT2D eigenvalue weighted by atomic mass is 10.1. The van der Waals surface area contributed by atoms with Crippen LogP contribution in [-0.4, -0.2) is 24.8 Å². The summed E-state index contributed by atoms with van der Waals surface area (Å²) in [6, 6.07) is 16.2. The zero-order chi connectivity index (χ0) is 14.8. The average molecular weight is 296 g/mol. The molecule has 1 aromatic heterocycles. The summed E-state index contributed by atoms with van der Waals surface area (Å²) in [5.74, 6) is 5.60. The average Bonchev–Trinajstić information content (AvgIpc) is 2.92. The quantitative estimate of drug-likeness (QED) is 0.459. The SMILES string of the molecule is CN(C)c1ccc(/C(=N\N)c2nc3ccccc3s2)cc1. The molecule has 0 atom stereocenters. The summed E-state index contributed by atoms with van der Waals surface area (Å²) >= 11 is 1.60. The Morgan fingerprint density at radius 2 is 1.81 bits per heavy atom. The number of para-hydroxylation sites is 1.